The van der Waals surface area contributed by atoms with Crippen LogP contribution in [0.1, 0.15) is 73.2 Å². The average Bonchev–Trinajstić information content (AvgIpc) is 3.81. The van der Waals surface area contributed by atoms with Crippen molar-refractivity contribution < 1.29 is 24.5 Å². The Morgan fingerprint density at radius 3 is 2.00 bits per heavy atom. The Labute approximate surface area is 377 Å². The van der Waals surface area contributed by atoms with E-state index in [1.807, 2.05) is 26.1 Å². The third kappa shape index (κ3) is 8.68. The summed E-state index contributed by atoms with van der Waals surface area (Å²) in [6.45, 7) is 17.4. The van der Waals surface area contributed by atoms with Gasteiger partial charge in [-0.3, -0.25) is 9.97 Å². The van der Waals surface area contributed by atoms with E-state index in [4.69, 9.17) is 14.4 Å². The molecule has 0 atom stereocenters. The monoisotopic (exact) mass is 1040 g/mol. The van der Waals surface area contributed by atoms with E-state index < -0.39 is 13.3 Å². The Kier molecular flexibility index (Phi) is 12.7. The van der Waals surface area contributed by atoms with Gasteiger partial charge in [0.25, 0.3) is 0 Å². The topological polar surface area (TPSA) is 56.7 Å². The van der Waals surface area contributed by atoms with Crippen LogP contribution in [0.25, 0.3) is 72.4 Å². The average molecular weight is 1040 g/mol. The van der Waals surface area contributed by atoms with Crippen molar-refractivity contribution in [2.24, 2.45) is 0 Å². The summed E-state index contributed by atoms with van der Waals surface area (Å²) in [5, 5.41) is 2.19. The van der Waals surface area contributed by atoms with Crippen LogP contribution in [0, 0.1) is 39.8 Å². The molecule has 0 aliphatic carbocycles. The van der Waals surface area contributed by atoms with E-state index in [1.54, 1.807) is 0 Å². The Morgan fingerprint density at radius 2 is 1.38 bits per heavy atom. The fraction of sp³-hybridized carbons (Fsp3) is 0.241. The molecule has 0 saturated heterocycles. The van der Waals surface area contributed by atoms with Crippen LogP contribution < -0.4 is 4.40 Å². The van der Waals surface area contributed by atoms with Crippen LogP contribution in [0.3, 0.4) is 0 Å². The van der Waals surface area contributed by atoms with Gasteiger partial charge in [-0.2, -0.15) is 0 Å². The van der Waals surface area contributed by atoms with Gasteiger partial charge in [0.1, 0.15) is 5.58 Å². The maximum Gasteiger partial charge on any atom is 0.142 e. The normalized spacial score (nSPS) is 11.7. The van der Waals surface area contributed by atoms with Gasteiger partial charge in [0, 0.05) is 36.9 Å². The van der Waals surface area contributed by atoms with Crippen molar-refractivity contribution in [3.8, 4) is 39.5 Å². The second kappa shape index (κ2) is 17.7. The number of nitrogens with zero attached hydrogens (tertiary/aromatic N) is 4. The van der Waals surface area contributed by atoms with Crippen molar-refractivity contribution in [3.63, 3.8) is 0 Å². The maximum atomic E-state index is 6.68. The van der Waals surface area contributed by atoms with Gasteiger partial charge in [0.2, 0.25) is 0 Å². The van der Waals surface area contributed by atoms with Gasteiger partial charge in [-0.05, 0) is 78.3 Å². The van der Waals surface area contributed by atoms with E-state index >= 15 is 0 Å². The molecule has 0 aliphatic heterocycles. The van der Waals surface area contributed by atoms with E-state index in [9.17, 15) is 0 Å². The number of aryl methyl sites for hydroxylation is 4. The number of aromatic nitrogens is 4. The molecule has 61 heavy (non-hydrogen) atoms. The van der Waals surface area contributed by atoms with E-state index in [-0.39, 0.29) is 31.9 Å². The van der Waals surface area contributed by atoms with Crippen LogP contribution in [0.2, 0.25) is 17.3 Å². The SMILES string of the molecule is Cc1c[c-]c(-c2cc[c]([Ge]([CH3])([CH3])[CH3])cn2)cc1.Cc1cc2c(oc3c(-c4nc5ccccc5n4-c4c(C(C)C)cc(-c5ccccc5)cc4C(C)C)[c-]cc(C)c32)c(C)n1.[Ir]. The van der Waals surface area contributed by atoms with Crippen LogP contribution >= 0.6 is 0 Å². The van der Waals surface area contributed by atoms with Gasteiger partial charge < -0.3 is 8.98 Å². The molecular weight excluding hydrogens is 985 g/mol. The first-order valence-electron chi connectivity index (χ1n) is 21.1. The van der Waals surface area contributed by atoms with Crippen LogP contribution in [0.5, 0.6) is 0 Å². The van der Waals surface area contributed by atoms with Crippen LogP contribution in [0.15, 0.2) is 120 Å². The molecule has 0 saturated carbocycles. The zero-order valence-electron chi connectivity index (χ0n) is 37.2. The minimum Gasteiger partial charge on any atom is -0.499 e. The minimum absolute atomic E-state index is 0. The molecule has 0 unspecified atom stereocenters. The summed E-state index contributed by atoms with van der Waals surface area (Å²) in [4.78, 5) is 14.5. The predicted octanol–water partition coefficient (Wildman–Crippen LogP) is 14.0. The molecule has 5 nitrogen and oxygen atoms in total. The maximum absolute atomic E-state index is 6.68. The first-order valence-corrected chi connectivity index (χ1v) is 28.4. The molecule has 0 spiro atoms. The summed E-state index contributed by atoms with van der Waals surface area (Å²) in [7, 11) is 0. The van der Waals surface area contributed by atoms with Crippen molar-refractivity contribution in [3.05, 3.63) is 161 Å². The molecule has 4 heterocycles. The van der Waals surface area contributed by atoms with Gasteiger partial charge in [0.15, 0.2) is 0 Å². The summed E-state index contributed by atoms with van der Waals surface area (Å²) in [5.74, 6) is 8.56. The van der Waals surface area contributed by atoms with Crippen molar-refractivity contribution in [2.75, 3.05) is 0 Å². The first kappa shape index (κ1) is 43.9. The zero-order valence-corrected chi connectivity index (χ0v) is 41.6. The molecule has 0 aliphatic rings. The largest absolute Gasteiger partial charge is 0.499 e. The number of hydrogen-bond acceptors (Lipinski definition) is 4. The van der Waals surface area contributed by atoms with E-state index in [0.717, 1.165) is 72.6 Å². The van der Waals surface area contributed by atoms with E-state index in [1.165, 1.54) is 37.9 Å². The zero-order chi connectivity index (χ0) is 42.5. The van der Waals surface area contributed by atoms with Gasteiger partial charge >= 0.3 is 106 Å². The first-order chi connectivity index (χ1) is 28.7. The summed E-state index contributed by atoms with van der Waals surface area (Å²) >= 11 is -1.73. The summed E-state index contributed by atoms with van der Waals surface area (Å²) in [6, 6.07) is 45.4. The number of furan rings is 1. The Bertz CT molecular complexity index is 2960. The number of rotatable bonds is 7. The number of imidazole rings is 1. The number of fused-ring (bicyclic) bond motifs is 4. The Morgan fingerprint density at radius 1 is 0.689 bits per heavy atom. The molecule has 0 fully saturated rings. The summed E-state index contributed by atoms with van der Waals surface area (Å²) in [5.41, 5.74) is 17.1. The molecule has 1 radical (unpaired) electrons. The molecule has 4 aromatic heterocycles. The molecule has 0 bridgehead atoms. The van der Waals surface area contributed by atoms with Crippen LogP contribution in [-0.4, -0.2) is 32.8 Å². The van der Waals surface area contributed by atoms with Gasteiger partial charge in [0.05, 0.1) is 28.1 Å². The van der Waals surface area contributed by atoms with Gasteiger partial charge in [-0.25, -0.2) is 0 Å². The van der Waals surface area contributed by atoms with E-state index in [2.05, 4.69) is 184 Å². The molecule has 5 aromatic carbocycles. The Hall–Kier alpha value is -5.14. The van der Waals surface area contributed by atoms with Gasteiger partial charge in [-0.15, -0.1) is 17.7 Å². The summed E-state index contributed by atoms with van der Waals surface area (Å²) < 4.78 is 10.5. The molecule has 7 heteroatoms. The summed E-state index contributed by atoms with van der Waals surface area (Å²) in [6.07, 6.45) is 2.04. The van der Waals surface area contributed by atoms with Crippen molar-refractivity contribution in [1.82, 2.24) is 19.5 Å². The molecule has 0 N–H and O–H groups in total. The Balaban J connectivity index is 0.000000262. The number of para-hydroxylation sites is 2. The van der Waals surface area contributed by atoms with Crippen molar-refractivity contribution in [1.29, 1.82) is 0 Å². The van der Waals surface area contributed by atoms with E-state index in [0.29, 0.717) is 0 Å². The molecule has 0 amide bonds. The number of hydrogen-bond donors (Lipinski definition) is 0. The van der Waals surface area contributed by atoms with Crippen molar-refractivity contribution >= 4 is 50.6 Å². The number of benzene rings is 5. The third-order valence-corrected chi connectivity index (χ3v) is 15.7. The standard InChI is InChI=1S/C39H36N3O.C15H18GeN.Ir/c1-22(2)30-20-28(27-13-9-8-10-14-27)21-31(23(3)4)36(30)42-34-16-12-11-15-33(34)41-39(42)29-18-17-24(5)35-32-19-25(6)40-26(7)37(32)43-38(29)35;1-12-5-7-13(8-6-12)15-10-9-14(11-17-15)16(2,3)4;/h8-17,19-23H,1-7H3;5-7,9-11H,1-4H3;/q2*-1;. The fourth-order valence-corrected chi connectivity index (χ4v) is 10.3. The second-order valence-corrected chi connectivity index (χ2v) is 28.4. The second-order valence-electron chi connectivity index (χ2n) is 17.8. The fourth-order valence-electron chi connectivity index (χ4n) is 8.15. The minimum atomic E-state index is -1.73. The molecule has 9 aromatic rings. The van der Waals surface area contributed by atoms with Crippen LogP contribution in [0.4, 0.5) is 0 Å². The van der Waals surface area contributed by atoms with Crippen LogP contribution in [-0.2, 0) is 20.1 Å². The van der Waals surface area contributed by atoms with Gasteiger partial charge in [-0.1, -0.05) is 88.0 Å². The predicted molar refractivity (Wildman–Crippen MR) is 254 cm³/mol. The molecule has 9 rings (SSSR count). The smallest absolute Gasteiger partial charge is 0.142 e. The third-order valence-electron chi connectivity index (χ3n) is 11.4. The molecule has 311 valence electrons. The van der Waals surface area contributed by atoms with Crippen molar-refractivity contribution in [2.45, 2.75) is 84.5 Å². The molecular formula is C54H54GeIrN4O-2. The number of pyridine rings is 2. The quantitative estimate of drug-likeness (QED) is 0.118.